The molecule has 2 rings (SSSR count). The molecule has 1 fully saturated rings. The maximum Gasteiger partial charge on any atom is 0.259 e. The molecule has 1 saturated heterocycles. The van der Waals surface area contributed by atoms with E-state index in [1.165, 1.54) is 0 Å². The van der Waals surface area contributed by atoms with Crippen LogP contribution in [0.2, 0.25) is 0 Å². The molecule has 1 aromatic heterocycles. The first-order chi connectivity index (χ1) is 9.11. The summed E-state index contributed by atoms with van der Waals surface area (Å²) in [5.41, 5.74) is 0.519. The van der Waals surface area contributed by atoms with Crippen molar-refractivity contribution < 1.29 is 14.3 Å². The van der Waals surface area contributed by atoms with Gasteiger partial charge in [0.05, 0.1) is 18.8 Å². The van der Waals surface area contributed by atoms with E-state index in [0.717, 1.165) is 0 Å². The van der Waals surface area contributed by atoms with Crippen LogP contribution in [0.4, 0.5) is 0 Å². The van der Waals surface area contributed by atoms with Crippen LogP contribution in [0.15, 0.2) is 18.3 Å². The van der Waals surface area contributed by atoms with Gasteiger partial charge in [-0.3, -0.25) is 4.79 Å². The Bertz CT molecular complexity index is 440. The molecule has 1 amide bonds. The lowest BCUT2D eigenvalue weighted by atomic mass is 10.2. The van der Waals surface area contributed by atoms with Gasteiger partial charge < -0.3 is 14.4 Å². The topological polar surface area (TPSA) is 51.7 Å². The molecule has 2 atom stereocenters. The number of pyridine rings is 1. The molecule has 5 heteroatoms. The number of nitrogens with zero attached hydrogens (tertiary/aromatic N) is 2. The fourth-order valence-corrected chi connectivity index (χ4v) is 2.32. The van der Waals surface area contributed by atoms with Crippen LogP contribution >= 0.6 is 0 Å². The van der Waals surface area contributed by atoms with Crippen LogP contribution in [-0.2, 0) is 4.74 Å². The normalized spacial score (nSPS) is 23.2. The second-order valence-electron chi connectivity index (χ2n) is 4.76. The van der Waals surface area contributed by atoms with E-state index in [1.807, 2.05) is 20.8 Å². The van der Waals surface area contributed by atoms with Crippen LogP contribution in [0.3, 0.4) is 0 Å². The zero-order valence-electron chi connectivity index (χ0n) is 11.6. The molecule has 0 spiro atoms. The Kier molecular flexibility index (Phi) is 4.37. The number of aromatic nitrogens is 1. The summed E-state index contributed by atoms with van der Waals surface area (Å²) in [5.74, 6) is 0.361. The highest BCUT2D eigenvalue weighted by atomic mass is 16.5. The lowest BCUT2D eigenvalue weighted by Gasteiger charge is -2.35. The van der Waals surface area contributed by atoms with E-state index in [9.17, 15) is 4.79 Å². The number of carbonyl (C=O) groups excluding carboxylic acids is 1. The van der Waals surface area contributed by atoms with E-state index in [4.69, 9.17) is 9.47 Å². The van der Waals surface area contributed by atoms with Crippen LogP contribution in [0.25, 0.3) is 0 Å². The highest BCUT2D eigenvalue weighted by molar-refractivity contribution is 5.96. The Balaban J connectivity index is 2.19. The molecule has 1 aromatic rings. The van der Waals surface area contributed by atoms with Crippen LogP contribution in [0.5, 0.6) is 5.88 Å². The molecule has 5 nitrogen and oxygen atoms in total. The van der Waals surface area contributed by atoms with Gasteiger partial charge in [0.25, 0.3) is 5.91 Å². The first-order valence-corrected chi connectivity index (χ1v) is 6.64. The highest BCUT2D eigenvalue weighted by Gasteiger charge is 2.28. The van der Waals surface area contributed by atoms with Gasteiger partial charge in [-0.1, -0.05) is 0 Å². The smallest absolute Gasteiger partial charge is 0.259 e. The Labute approximate surface area is 113 Å². The molecule has 0 aromatic carbocycles. The summed E-state index contributed by atoms with van der Waals surface area (Å²) in [6.07, 6.45) is 1.74. The van der Waals surface area contributed by atoms with Crippen molar-refractivity contribution in [3.8, 4) is 5.88 Å². The van der Waals surface area contributed by atoms with Crippen molar-refractivity contribution in [2.24, 2.45) is 0 Å². The number of morpholine rings is 1. The minimum atomic E-state index is -0.0430. The summed E-state index contributed by atoms with van der Waals surface area (Å²) in [5, 5.41) is 0. The molecular weight excluding hydrogens is 244 g/mol. The first-order valence-electron chi connectivity index (χ1n) is 6.64. The first kappa shape index (κ1) is 13.8. The summed E-state index contributed by atoms with van der Waals surface area (Å²) < 4.78 is 11.1. The van der Waals surface area contributed by atoms with Gasteiger partial charge in [-0.05, 0) is 32.9 Å². The fourth-order valence-electron chi connectivity index (χ4n) is 2.32. The quantitative estimate of drug-likeness (QED) is 0.834. The minimum absolute atomic E-state index is 0.0430. The maximum absolute atomic E-state index is 12.5. The number of carbonyl (C=O) groups is 1. The van der Waals surface area contributed by atoms with Crippen LogP contribution in [0.1, 0.15) is 31.1 Å². The molecule has 0 bridgehead atoms. The predicted octanol–water partition coefficient (Wildman–Crippen LogP) is 1.73. The summed E-state index contributed by atoms with van der Waals surface area (Å²) in [6.45, 7) is 7.52. The van der Waals surface area contributed by atoms with Gasteiger partial charge >= 0.3 is 0 Å². The van der Waals surface area contributed by atoms with E-state index < -0.39 is 0 Å². The van der Waals surface area contributed by atoms with Crippen molar-refractivity contribution in [1.82, 2.24) is 9.88 Å². The second-order valence-corrected chi connectivity index (χ2v) is 4.76. The maximum atomic E-state index is 12.5. The molecule has 1 aliphatic heterocycles. The van der Waals surface area contributed by atoms with Crippen molar-refractivity contribution in [2.75, 3.05) is 19.7 Å². The fraction of sp³-hybridized carbons (Fsp3) is 0.571. The molecule has 2 heterocycles. The van der Waals surface area contributed by atoms with Crippen LogP contribution < -0.4 is 4.74 Å². The molecule has 104 valence electrons. The molecule has 1 aliphatic rings. The van der Waals surface area contributed by atoms with Gasteiger partial charge in [0.1, 0.15) is 5.56 Å². The van der Waals surface area contributed by atoms with Gasteiger partial charge in [0, 0.05) is 19.3 Å². The second kappa shape index (κ2) is 6.02. The zero-order chi connectivity index (χ0) is 13.8. The van der Waals surface area contributed by atoms with Crippen LogP contribution in [0, 0.1) is 0 Å². The monoisotopic (exact) mass is 264 g/mol. The average Bonchev–Trinajstić information content (AvgIpc) is 2.38. The lowest BCUT2D eigenvalue weighted by Crippen LogP contribution is -2.48. The molecule has 19 heavy (non-hydrogen) atoms. The van der Waals surface area contributed by atoms with E-state index in [-0.39, 0.29) is 18.1 Å². The van der Waals surface area contributed by atoms with Gasteiger partial charge in [-0.2, -0.15) is 0 Å². The third-order valence-electron chi connectivity index (χ3n) is 2.99. The number of hydrogen-bond donors (Lipinski definition) is 0. The van der Waals surface area contributed by atoms with Gasteiger partial charge in [-0.15, -0.1) is 0 Å². The van der Waals surface area contributed by atoms with E-state index in [2.05, 4.69) is 4.98 Å². The number of ether oxygens (including phenoxy) is 2. The standard InChI is InChI=1S/C14H20N2O3/c1-4-18-13-12(6-5-7-15-13)14(17)16-8-10(2)19-11(3)9-16/h5-7,10-11H,4,8-9H2,1-3H3/t10-,11-/m1/s1. The van der Waals surface area contributed by atoms with Crippen molar-refractivity contribution in [3.63, 3.8) is 0 Å². The number of amides is 1. The van der Waals surface area contributed by atoms with Crippen molar-refractivity contribution in [3.05, 3.63) is 23.9 Å². The largest absolute Gasteiger partial charge is 0.477 e. The third kappa shape index (κ3) is 3.23. The Morgan fingerprint density at radius 3 is 2.79 bits per heavy atom. The Hall–Kier alpha value is -1.62. The molecular formula is C14H20N2O3. The molecule has 0 radical (unpaired) electrons. The van der Waals surface area contributed by atoms with Gasteiger partial charge in [0.2, 0.25) is 5.88 Å². The predicted molar refractivity (Wildman–Crippen MR) is 71.3 cm³/mol. The minimum Gasteiger partial charge on any atom is -0.477 e. The van der Waals surface area contributed by atoms with Gasteiger partial charge in [-0.25, -0.2) is 4.98 Å². The Morgan fingerprint density at radius 1 is 1.47 bits per heavy atom. The summed E-state index contributed by atoms with van der Waals surface area (Å²) in [6, 6.07) is 3.51. The van der Waals surface area contributed by atoms with Crippen molar-refractivity contribution >= 4 is 5.91 Å². The van der Waals surface area contributed by atoms with Crippen molar-refractivity contribution in [1.29, 1.82) is 0 Å². The van der Waals surface area contributed by atoms with Crippen molar-refractivity contribution in [2.45, 2.75) is 33.0 Å². The van der Waals surface area contributed by atoms with Crippen LogP contribution in [-0.4, -0.2) is 47.7 Å². The molecule has 0 unspecified atom stereocenters. The van der Waals surface area contributed by atoms with E-state index >= 15 is 0 Å². The SMILES string of the molecule is CCOc1ncccc1C(=O)N1C[C@@H](C)O[C@H](C)C1. The van der Waals surface area contributed by atoms with E-state index in [1.54, 1.807) is 23.2 Å². The third-order valence-corrected chi connectivity index (χ3v) is 2.99. The zero-order valence-corrected chi connectivity index (χ0v) is 11.6. The Morgan fingerprint density at radius 2 is 2.16 bits per heavy atom. The summed E-state index contributed by atoms with van der Waals surface area (Å²) >= 11 is 0. The highest BCUT2D eigenvalue weighted by Crippen LogP contribution is 2.19. The van der Waals surface area contributed by atoms with E-state index in [0.29, 0.717) is 31.1 Å². The molecule has 0 N–H and O–H groups in total. The van der Waals surface area contributed by atoms with Gasteiger partial charge in [0.15, 0.2) is 0 Å². The summed E-state index contributed by atoms with van der Waals surface area (Å²) in [7, 11) is 0. The lowest BCUT2D eigenvalue weighted by molar-refractivity contribution is -0.0587. The molecule has 0 aliphatic carbocycles. The molecule has 0 saturated carbocycles. The summed E-state index contributed by atoms with van der Waals surface area (Å²) in [4.78, 5) is 18.5. The number of rotatable bonds is 3. The average molecular weight is 264 g/mol. The number of hydrogen-bond acceptors (Lipinski definition) is 4.